The van der Waals surface area contributed by atoms with Crippen molar-refractivity contribution < 1.29 is 0 Å². The van der Waals surface area contributed by atoms with Crippen molar-refractivity contribution in [3.63, 3.8) is 0 Å². The molecule has 0 heterocycles. The van der Waals surface area contributed by atoms with E-state index in [0.717, 1.165) is 12.0 Å². The first-order chi connectivity index (χ1) is 9.27. The van der Waals surface area contributed by atoms with E-state index in [1.807, 2.05) is 7.05 Å². The third-order valence-electron chi connectivity index (χ3n) is 3.48. The molecule has 1 atom stereocenters. The van der Waals surface area contributed by atoms with Crippen LogP contribution in [0.4, 0.5) is 0 Å². The minimum atomic E-state index is 0.403. The quantitative estimate of drug-likeness (QED) is 0.552. The maximum absolute atomic E-state index is 3.28. The Balaban J connectivity index is 2.33. The van der Waals surface area contributed by atoms with E-state index in [1.165, 1.54) is 37.7 Å². The van der Waals surface area contributed by atoms with Crippen molar-refractivity contribution in [3.05, 3.63) is 35.4 Å². The Bertz CT molecular complexity index is 394. The molecule has 0 amide bonds. The van der Waals surface area contributed by atoms with Gasteiger partial charge in [0.15, 0.2) is 0 Å². The van der Waals surface area contributed by atoms with Crippen molar-refractivity contribution >= 4 is 0 Å². The Morgan fingerprint density at radius 3 is 2.37 bits per heavy atom. The Morgan fingerprint density at radius 1 is 1.05 bits per heavy atom. The molecule has 0 aliphatic heterocycles. The molecule has 0 saturated heterocycles. The van der Waals surface area contributed by atoms with Crippen LogP contribution in [0.25, 0.3) is 0 Å². The van der Waals surface area contributed by atoms with Gasteiger partial charge < -0.3 is 5.32 Å². The Hall–Kier alpha value is -1.26. The highest BCUT2D eigenvalue weighted by atomic mass is 14.8. The van der Waals surface area contributed by atoms with Gasteiger partial charge in [0.05, 0.1) is 0 Å². The smallest absolute Gasteiger partial charge is 0.0289 e. The normalized spacial score (nSPS) is 11.7. The van der Waals surface area contributed by atoms with Crippen LogP contribution in [0.1, 0.15) is 69.5 Å². The number of hydrogen-bond donors (Lipinski definition) is 1. The van der Waals surface area contributed by atoms with Crippen molar-refractivity contribution in [2.75, 3.05) is 7.05 Å². The minimum absolute atomic E-state index is 0.403. The maximum Gasteiger partial charge on any atom is 0.0289 e. The lowest BCUT2D eigenvalue weighted by atomic mass is 10.1. The zero-order valence-corrected chi connectivity index (χ0v) is 12.6. The topological polar surface area (TPSA) is 12.0 Å². The molecule has 0 aliphatic rings. The van der Waals surface area contributed by atoms with Crippen molar-refractivity contribution in [2.24, 2.45) is 0 Å². The monoisotopic (exact) mass is 257 g/mol. The fourth-order valence-corrected chi connectivity index (χ4v) is 2.00. The van der Waals surface area contributed by atoms with E-state index in [-0.39, 0.29) is 0 Å². The van der Waals surface area contributed by atoms with Crippen molar-refractivity contribution in [3.8, 4) is 11.8 Å². The molecule has 0 aliphatic carbocycles. The highest BCUT2D eigenvalue weighted by Gasteiger charge is 2.00. The average Bonchev–Trinajstić information content (AvgIpc) is 2.46. The van der Waals surface area contributed by atoms with Gasteiger partial charge in [0, 0.05) is 18.0 Å². The summed E-state index contributed by atoms with van der Waals surface area (Å²) in [6.07, 6.45) is 7.61. The maximum atomic E-state index is 3.28. The first-order valence-corrected chi connectivity index (χ1v) is 7.54. The van der Waals surface area contributed by atoms with E-state index in [1.54, 1.807) is 0 Å². The van der Waals surface area contributed by atoms with Crippen LogP contribution < -0.4 is 5.32 Å². The van der Waals surface area contributed by atoms with Crippen LogP contribution in [0.5, 0.6) is 0 Å². The van der Waals surface area contributed by atoms with E-state index >= 15 is 0 Å². The Labute approximate surface area is 118 Å². The fourth-order valence-electron chi connectivity index (χ4n) is 2.00. The molecule has 104 valence electrons. The largest absolute Gasteiger partial charge is 0.313 e. The van der Waals surface area contributed by atoms with Crippen LogP contribution in [0.2, 0.25) is 0 Å². The highest BCUT2D eigenvalue weighted by molar-refractivity contribution is 5.36. The van der Waals surface area contributed by atoms with Crippen molar-refractivity contribution in [2.45, 2.75) is 58.4 Å². The number of hydrogen-bond acceptors (Lipinski definition) is 1. The van der Waals surface area contributed by atoms with Gasteiger partial charge in [-0.15, -0.1) is 0 Å². The van der Waals surface area contributed by atoms with Crippen LogP contribution >= 0.6 is 0 Å². The lowest BCUT2D eigenvalue weighted by Crippen LogP contribution is -2.11. The van der Waals surface area contributed by atoms with Gasteiger partial charge >= 0.3 is 0 Å². The third-order valence-corrected chi connectivity index (χ3v) is 3.48. The van der Waals surface area contributed by atoms with Gasteiger partial charge in [-0.25, -0.2) is 0 Å². The van der Waals surface area contributed by atoms with Crippen molar-refractivity contribution in [1.82, 2.24) is 5.32 Å². The van der Waals surface area contributed by atoms with Crippen LogP contribution in [0.3, 0.4) is 0 Å². The fraction of sp³-hybridized carbons (Fsp3) is 0.556. The predicted molar refractivity (Wildman–Crippen MR) is 84.2 cm³/mol. The van der Waals surface area contributed by atoms with Gasteiger partial charge in [0.1, 0.15) is 0 Å². The predicted octanol–water partition coefficient (Wildman–Crippen LogP) is 4.68. The molecule has 1 N–H and O–H groups in total. The second-order valence-corrected chi connectivity index (χ2v) is 5.10. The molecule has 1 aromatic rings. The molecule has 1 heteroatoms. The average molecular weight is 257 g/mol. The van der Waals surface area contributed by atoms with Gasteiger partial charge in [-0.2, -0.15) is 0 Å². The molecular weight excluding hydrogens is 230 g/mol. The molecule has 19 heavy (non-hydrogen) atoms. The molecule has 0 saturated carbocycles. The summed E-state index contributed by atoms with van der Waals surface area (Å²) < 4.78 is 0. The van der Waals surface area contributed by atoms with E-state index in [0.29, 0.717) is 6.04 Å². The summed E-state index contributed by atoms with van der Waals surface area (Å²) in [5.74, 6) is 6.52. The van der Waals surface area contributed by atoms with E-state index in [4.69, 9.17) is 0 Å². The second kappa shape index (κ2) is 9.64. The lowest BCUT2D eigenvalue weighted by molar-refractivity contribution is 0.641. The molecule has 0 radical (unpaired) electrons. The molecule has 0 spiro atoms. The van der Waals surface area contributed by atoms with Gasteiger partial charge in [0.25, 0.3) is 0 Å². The zero-order chi connectivity index (χ0) is 13.9. The number of nitrogens with one attached hydrogen (secondary N) is 1. The summed E-state index contributed by atoms with van der Waals surface area (Å²) in [7, 11) is 1.98. The summed E-state index contributed by atoms with van der Waals surface area (Å²) in [6.45, 7) is 4.41. The molecular formula is C18H27N. The van der Waals surface area contributed by atoms with Gasteiger partial charge in [-0.1, -0.05) is 56.6 Å². The second-order valence-electron chi connectivity index (χ2n) is 5.10. The van der Waals surface area contributed by atoms with Crippen LogP contribution in [-0.2, 0) is 0 Å². The van der Waals surface area contributed by atoms with Crippen molar-refractivity contribution in [1.29, 1.82) is 0 Å². The summed E-state index contributed by atoms with van der Waals surface area (Å²) in [4.78, 5) is 0. The number of benzene rings is 1. The van der Waals surface area contributed by atoms with E-state index < -0.39 is 0 Å². The van der Waals surface area contributed by atoms with Gasteiger partial charge in [0.2, 0.25) is 0 Å². The first-order valence-electron chi connectivity index (χ1n) is 7.54. The van der Waals surface area contributed by atoms with Crippen LogP contribution in [-0.4, -0.2) is 7.05 Å². The van der Waals surface area contributed by atoms with Gasteiger partial charge in [-0.3, -0.25) is 0 Å². The molecule has 0 fully saturated rings. The summed E-state index contributed by atoms with van der Waals surface area (Å²) in [6, 6.07) is 8.96. The molecule has 1 nitrogen and oxygen atoms in total. The zero-order valence-electron chi connectivity index (χ0n) is 12.6. The van der Waals surface area contributed by atoms with E-state index in [9.17, 15) is 0 Å². The molecule has 0 bridgehead atoms. The minimum Gasteiger partial charge on any atom is -0.313 e. The SMILES string of the molecule is CCCCCCCC#Cc1ccc(C(C)NC)cc1. The Morgan fingerprint density at radius 2 is 1.74 bits per heavy atom. The molecule has 1 rings (SSSR count). The first kappa shape index (κ1) is 15.8. The molecule has 1 aromatic carbocycles. The molecule has 0 aromatic heterocycles. The lowest BCUT2D eigenvalue weighted by Gasteiger charge is -2.09. The van der Waals surface area contributed by atoms with Crippen LogP contribution in [0.15, 0.2) is 24.3 Å². The third kappa shape index (κ3) is 6.45. The summed E-state index contributed by atoms with van der Waals surface area (Å²) >= 11 is 0. The van der Waals surface area contributed by atoms with Crippen LogP contribution in [0, 0.1) is 11.8 Å². The summed E-state index contributed by atoms with van der Waals surface area (Å²) in [5, 5.41) is 3.24. The standard InChI is InChI=1S/C18H27N/c1-4-5-6-7-8-9-10-11-17-12-14-18(15-13-17)16(2)19-3/h12-16,19H,4-9H2,1-3H3. The Kier molecular flexibility index (Phi) is 8.02. The summed E-state index contributed by atoms with van der Waals surface area (Å²) in [5.41, 5.74) is 2.44. The number of rotatable bonds is 7. The highest BCUT2D eigenvalue weighted by Crippen LogP contribution is 2.12. The van der Waals surface area contributed by atoms with E-state index in [2.05, 4.69) is 55.3 Å². The van der Waals surface area contributed by atoms with Gasteiger partial charge in [-0.05, 0) is 38.1 Å². The number of unbranched alkanes of at least 4 members (excludes halogenated alkanes) is 5. The molecule has 1 unspecified atom stereocenters.